The van der Waals surface area contributed by atoms with Crippen molar-refractivity contribution in [3.8, 4) is 0 Å². The fourth-order valence-electron chi connectivity index (χ4n) is 3.85. The molecular weight excluding hydrogens is 418 g/mol. The number of carboxylic acid groups (broad SMARTS) is 1. The van der Waals surface area contributed by atoms with Crippen LogP contribution < -0.4 is 5.32 Å². The molecule has 1 amide bonds. The first-order chi connectivity index (χ1) is 16.0. The number of para-hydroxylation sites is 1. The number of rotatable bonds is 9. The molecule has 0 aliphatic rings. The van der Waals surface area contributed by atoms with Gasteiger partial charge in [0.15, 0.2) is 5.78 Å². The van der Waals surface area contributed by atoms with Gasteiger partial charge >= 0.3 is 5.97 Å². The second-order valence-electron chi connectivity index (χ2n) is 8.10. The molecule has 4 rings (SSSR count). The third-order valence-corrected chi connectivity index (χ3v) is 5.73. The van der Waals surface area contributed by atoms with Crippen molar-refractivity contribution in [3.63, 3.8) is 0 Å². The predicted octanol–water partition coefficient (Wildman–Crippen LogP) is 5.38. The van der Waals surface area contributed by atoms with Crippen LogP contribution in [-0.2, 0) is 11.2 Å². The standard InChI is InChI=1S/C27H25NO5/c1-2-3-6-17-9-11-18(12-10-17)26(30)28-22(27(31)32)16-23(29)19-13-14-25-21(15-19)20-7-4-5-8-24(20)33-25/h4-5,7-15,22H,2-3,6,16H2,1H3,(H,28,30)(H,31,32). The highest BCUT2D eigenvalue weighted by Gasteiger charge is 2.25. The summed E-state index contributed by atoms with van der Waals surface area (Å²) < 4.78 is 5.78. The average Bonchev–Trinajstić information content (AvgIpc) is 3.20. The fraction of sp³-hybridized carbons (Fsp3) is 0.222. The monoisotopic (exact) mass is 443 g/mol. The maximum absolute atomic E-state index is 12.9. The van der Waals surface area contributed by atoms with Crippen LogP contribution >= 0.6 is 0 Å². The van der Waals surface area contributed by atoms with Crippen LogP contribution in [-0.4, -0.2) is 28.8 Å². The number of carbonyl (C=O) groups excluding carboxylic acids is 2. The van der Waals surface area contributed by atoms with Gasteiger partial charge in [0.25, 0.3) is 5.91 Å². The van der Waals surface area contributed by atoms with Gasteiger partial charge in [-0.1, -0.05) is 43.7 Å². The molecule has 0 spiro atoms. The quantitative estimate of drug-likeness (QED) is 0.338. The Hall–Kier alpha value is -3.93. The third kappa shape index (κ3) is 4.95. The fourth-order valence-corrected chi connectivity index (χ4v) is 3.85. The topological polar surface area (TPSA) is 96.6 Å². The predicted molar refractivity (Wildman–Crippen MR) is 127 cm³/mol. The van der Waals surface area contributed by atoms with Crippen LogP contribution in [0.4, 0.5) is 0 Å². The van der Waals surface area contributed by atoms with Crippen LogP contribution in [0, 0.1) is 0 Å². The molecule has 1 unspecified atom stereocenters. The van der Waals surface area contributed by atoms with Crippen molar-refractivity contribution in [3.05, 3.63) is 83.4 Å². The van der Waals surface area contributed by atoms with Crippen molar-refractivity contribution in [2.24, 2.45) is 0 Å². The second kappa shape index (κ2) is 9.69. The van der Waals surface area contributed by atoms with Crippen molar-refractivity contribution in [1.29, 1.82) is 0 Å². The number of amides is 1. The highest BCUT2D eigenvalue weighted by atomic mass is 16.4. The normalized spacial score (nSPS) is 12.0. The lowest BCUT2D eigenvalue weighted by Gasteiger charge is -2.14. The van der Waals surface area contributed by atoms with Gasteiger partial charge in [-0.3, -0.25) is 9.59 Å². The molecule has 0 saturated carbocycles. The van der Waals surface area contributed by atoms with Crippen molar-refractivity contribution < 1.29 is 23.9 Å². The van der Waals surface area contributed by atoms with Gasteiger partial charge in [-0.15, -0.1) is 0 Å². The first-order valence-electron chi connectivity index (χ1n) is 11.0. The number of benzene rings is 3. The van der Waals surface area contributed by atoms with Gasteiger partial charge in [0.1, 0.15) is 17.2 Å². The minimum atomic E-state index is -1.33. The Morgan fingerprint density at radius 3 is 2.33 bits per heavy atom. The molecule has 1 heterocycles. The van der Waals surface area contributed by atoms with Gasteiger partial charge in [-0.25, -0.2) is 4.79 Å². The summed E-state index contributed by atoms with van der Waals surface area (Å²) in [4.78, 5) is 37.2. The average molecular weight is 443 g/mol. The van der Waals surface area contributed by atoms with Crippen LogP contribution in [0.25, 0.3) is 21.9 Å². The van der Waals surface area contributed by atoms with Gasteiger partial charge in [0, 0.05) is 28.3 Å². The number of hydrogen-bond donors (Lipinski definition) is 2. The number of aryl methyl sites for hydroxylation is 1. The highest BCUT2D eigenvalue weighted by Crippen LogP contribution is 2.29. The molecule has 1 aromatic heterocycles. The lowest BCUT2D eigenvalue weighted by atomic mass is 10.0. The van der Waals surface area contributed by atoms with Gasteiger partial charge in [-0.05, 0) is 54.8 Å². The maximum atomic E-state index is 12.9. The second-order valence-corrected chi connectivity index (χ2v) is 8.10. The molecule has 0 aliphatic carbocycles. The molecule has 6 heteroatoms. The number of carbonyl (C=O) groups is 3. The van der Waals surface area contributed by atoms with Crippen molar-refractivity contribution in [2.45, 2.75) is 38.6 Å². The Labute approximate surface area is 191 Å². The largest absolute Gasteiger partial charge is 0.480 e. The van der Waals surface area contributed by atoms with E-state index < -0.39 is 17.9 Å². The summed E-state index contributed by atoms with van der Waals surface area (Å²) in [5, 5.41) is 13.8. The molecular formula is C27H25NO5. The zero-order chi connectivity index (χ0) is 23.4. The van der Waals surface area contributed by atoms with Crippen LogP contribution in [0.1, 0.15) is 52.5 Å². The number of ketones is 1. The van der Waals surface area contributed by atoms with Crippen molar-refractivity contribution in [1.82, 2.24) is 5.32 Å². The Balaban J connectivity index is 1.48. The van der Waals surface area contributed by atoms with Gasteiger partial charge in [0.05, 0.1) is 0 Å². The Bertz CT molecular complexity index is 1320. The number of nitrogens with one attached hydrogen (secondary N) is 1. The van der Waals surface area contributed by atoms with Crippen molar-refractivity contribution in [2.75, 3.05) is 0 Å². The van der Waals surface area contributed by atoms with E-state index in [1.165, 1.54) is 0 Å². The Morgan fingerprint density at radius 2 is 1.61 bits per heavy atom. The van der Waals surface area contributed by atoms with E-state index in [1.807, 2.05) is 36.4 Å². The molecule has 2 N–H and O–H groups in total. The third-order valence-electron chi connectivity index (χ3n) is 5.73. The van der Waals surface area contributed by atoms with E-state index in [-0.39, 0.29) is 12.2 Å². The lowest BCUT2D eigenvalue weighted by Crippen LogP contribution is -2.42. The number of furan rings is 1. The molecule has 168 valence electrons. The summed E-state index contributed by atoms with van der Waals surface area (Å²) in [6.07, 6.45) is 2.73. The van der Waals surface area contributed by atoms with Crippen molar-refractivity contribution >= 4 is 39.6 Å². The number of fused-ring (bicyclic) bond motifs is 3. The molecule has 0 saturated heterocycles. The molecule has 33 heavy (non-hydrogen) atoms. The molecule has 0 fully saturated rings. The van der Waals surface area contributed by atoms with Crippen LogP contribution in [0.2, 0.25) is 0 Å². The Morgan fingerprint density at radius 1 is 0.909 bits per heavy atom. The minimum absolute atomic E-state index is 0.350. The number of Topliss-reactive ketones (excluding diaryl/α,β-unsaturated/α-hetero) is 1. The molecule has 3 aromatic carbocycles. The van der Waals surface area contributed by atoms with E-state index in [9.17, 15) is 19.5 Å². The highest BCUT2D eigenvalue weighted by molar-refractivity contribution is 6.09. The Kier molecular flexibility index (Phi) is 6.54. The minimum Gasteiger partial charge on any atom is -0.480 e. The molecule has 6 nitrogen and oxygen atoms in total. The van der Waals surface area contributed by atoms with E-state index in [1.54, 1.807) is 30.3 Å². The number of unbranched alkanes of at least 4 members (excludes halogenated alkanes) is 1. The zero-order valence-corrected chi connectivity index (χ0v) is 18.3. The van der Waals surface area contributed by atoms with Crippen LogP contribution in [0.15, 0.2) is 71.1 Å². The maximum Gasteiger partial charge on any atom is 0.326 e. The molecule has 0 radical (unpaired) electrons. The van der Waals surface area contributed by atoms with Gasteiger partial charge in [0.2, 0.25) is 0 Å². The molecule has 1 atom stereocenters. The summed E-state index contributed by atoms with van der Waals surface area (Å²) in [6, 6.07) is 18.3. The van der Waals surface area contributed by atoms with E-state index in [0.717, 1.165) is 35.6 Å². The molecule has 0 aliphatic heterocycles. The summed E-state index contributed by atoms with van der Waals surface area (Å²) in [7, 11) is 0. The first kappa shape index (κ1) is 22.3. The summed E-state index contributed by atoms with van der Waals surface area (Å²) >= 11 is 0. The van der Waals surface area contributed by atoms with E-state index in [2.05, 4.69) is 12.2 Å². The lowest BCUT2D eigenvalue weighted by molar-refractivity contribution is -0.139. The van der Waals surface area contributed by atoms with E-state index in [0.29, 0.717) is 22.3 Å². The summed E-state index contributed by atoms with van der Waals surface area (Å²) in [6.45, 7) is 2.12. The van der Waals surface area contributed by atoms with Crippen LogP contribution in [0.3, 0.4) is 0 Å². The number of aliphatic carboxylic acids is 1. The SMILES string of the molecule is CCCCc1ccc(C(=O)NC(CC(=O)c2ccc3oc4ccccc4c3c2)C(=O)O)cc1. The van der Waals surface area contributed by atoms with Gasteiger partial charge in [-0.2, -0.15) is 0 Å². The smallest absolute Gasteiger partial charge is 0.326 e. The summed E-state index contributed by atoms with van der Waals surface area (Å²) in [5.41, 5.74) is 3.22. The van der Waals surface area contributed by atoms with E-state index >= 15 is 0 Å². The molecule has 4 aromatic rings. The summed E-state index contributed by atoms with van der Waals surface area (Å²) in [5.74, 6) is -2.15. The van der Waals surface area contributed by atoms with Crippen LogP contribution in [0.5, 0.6) is 0 Å². The number of hydrogen-bond acceptors (Lipinski definition) is 4. The van der Waals surface area contributed by atoms with E-state index in [4.69, 9.17) is 4.42 Å². The zero-order valence-electron chi connectivity index (χ0n) is 18.3. The number of carboxylic acids is 1. The first-order valence-corrected chi connectivity index (χ1v) is 11.0. The van der Waals surface area contributed by atoms with Gasteiger partial charge < -0.3 is 14.8 Å². The molecule has 0 bridgehead atoms.